The lowest BCUT2D eigenvalue weighted by atomic mass is 10.1. The molecule has 0 unspecified atom stereocenters. The van der Waals surface area contributed by atoms with Crippen molar-refractivity contribution < 1.29 is 9.59 Å². The van der Waals surface area contributed by atoms with Gasteiger partial charge in [-0.15, -0.1) is 0 Å². The summed E-state index contributed by atoms with van der Waals surface area (Å²) in [6.45, 7) is 5.91. The summed E-state index contributed by atoms with van der Waals surface area (Å²) in [6.07, 6.45) is 0. The van der Waals surface area contributed by atoms with E-state index in [4.69, 9.17) is 5.84 Å². The van der Waals surface area contributed by atoms with Gasteiger partial charge in [0.15, 0.2) is 0 Å². The first-order valence-corrected chi connectivity index (χ1v) is 7.68. The van der Waals surface area contributed by atoms with Gasteiger partial charge in [0, 0.05) is 38.3 Å². The topological polar surface area (TPSA) is 103 Å². The van der Waals surface area contributed by atoms with E-state index >= 15 is 0 Å². The van der Waals surface area contributed by atoms with Gasteiger partial charge >= 0.3 is 6.03 Å². The predicted molar refractivity (Wildman–Crippen MR) is 90.5 cm³/mol. The standard InChI is InChI=1S/C15H24N6O2/c1-3-17-15(23)18-12-5-4-11(14(22)19-16)10-13(12)21-8-6-20(2)7-9-21/h4-5,10H,3,6-9,16H2,1-2H3,(H,19,22)(H2,17,18,23). The fourth-order valence-corrected chi connectivity index (χ4v) is 2.50. The van der Waals surface area contributed by atoms with Gasteiger partial charge in [0.2, 0.25) is 0 Å². The van der Waals surface area contributed by atoms with Crippen LogP contribution >= 0.6 is 0 Å². The monoisotopic (exact) mass is 320 g/mol. The third-order valence-corrected chi connectivity index (χ3v) is 3.82. The average molecular weight is 320 g/mol. The van der Waals surface area contributed by atoms with E-state index in [0.29, 0.717) is 17.8 Å². The fraction of sp³-hybridized carbons (Fsp3) is 0.467. The molecular weight excluding hydrogens is 296 g/mol. The van der Waals surface area contributed by atoms with E-state index in [-0.39, 0.29) is 11.9 Å². The van der Waals surface area contributed by atoms with Crippen molar-refractivity contribution in [1.82, 2.24) is 15.6 Å². The summed E-state index contributed by atoms with van der Waals surface area (Å²) in [5.41, 5.74) is 4.09. The predicted octanol–water partition coefficient (Wildman–Crippen LogP) is 0.183. The van der Waals surface area contributed by atoms with Gasteiger partial charge in [-0.1, -0.05) is 0 Å². The van der Waals surface area contributed by atoms with Crippen molar-refractivity contribution in [3.05, 3.63) is 23.8 Å². The van der Waals surface area contributed by atoms with Crippen molar-refractivity contribution in [2.45, 2.75) is 6.92 Å². The van der Waals surface area contributed by atoms with E-state index in [1.165, 1.54) is 0 Å². The summed E-state index contributed by atoms with van der Waals surface area (Å²) in [4.78, 5) is 28.0. The van der Waals surface area contributed by atoms with Crippen LogP contribution in [0.5, 0.6) is 0 Å². The van der Waals surface area contributed by atoms with Gasteiger partial charge in [-0.3, -0.25) is 10.2 Å². The molecule has 1 aliphatic rings. The molecule has 0 aliphatic carbocycles. The molecule has 0 atom stereocenters. The van der Waals surface area contributed by atoms with Gasteiger partial charge in [0.25, 0.3) is 5.91 Å². The molecule has 5 N–H and O–H groups in total. The Morgan fingerprint density at radius 1 is 1.22 bits per heavy atom. The van der Waals surface area contributed by atoms with Gasteiger partial charge < -0.3 is 20.4 Å². The summed E-state index contributed by atoms with van der Waals surface area (Å²) in [6, 6.07) is 4.87. The first-order valence-electron chi connectivity index (χ1n) is 7.68. The number of hydrogen-bond acceptors (Lipinski definition) is 5. The van der Waals surface area contributed by atoms with Crippen LogP contribution in [0.3, 0.4) is 0 Å². The summed E-state index contributed by atoms with van der Waals surface area (Å²) in [7, 11) is 2.07. The number of likely N-dealkylation sites (N-methyl/N-ethyl adjacent to an activating group) is 1. The summed E-state index contributed by atoms with van der Waals surface area (Å²) in [5, 5.41) is 5.54. The van der Waals surface area contributed by atoms with Crippen LogP contribution in [0.4, 0.5) is 16.2 Å². The minimum Gasteiger partial charge on any atom is -0.367 e. The van der Waals surface area contributed by atoms with Gasteiger partial charge in [-0.05, 0) is 32.2 Å². The maximum atomic E-state index is 11.8. The van der Waals surface area contributed by atoms with Gasteiger partial charge in [0.05, 0.1) is 11.4 Å². The number of carbonyl (C=O) groups is 2. The van der Waals surface area contributed by atoms with Crippen LogP contribution in [0.15, 0.2) is 18.2 Å². The first kappa shape index (κ1) is 17.0. The number of rotatable bonds is 4. The highest BCUT2D eigenvalue weighted by molar-refractivity contribution is 5.98. The maximum Gasteiger partial charge on any atom is 0.319 e. The second-order valence-electron chi connectivity index (χ2n) is 5.48. The number of nitrogens with one attached hydrogen (secondary N) is 3. The molecule has 0 bridgehead atoms. The Bertz CT molecular complexity index is 569. The lowest BCUT2D eigenvalue weighted by molar-refractivity contribution is 0.0953. The Balaban J connectivity index is 2.29. The highest BCUT2D eigenvalue weighted by Crippen LogP contribution is 2.28. The third-order valence-electron chi connectivity index (χ3n) is 3.82. The van der Waals surface area contributed by atoms with Crippen molar-refractivity contribution in [1.29, 1.82) is 0 Å². The zero-order valence-electron chi connectivity index (χ0n) is 13.6. The Hall–Kier alpha value is -2.32. The molecule has 1 aromatic carbocycles. The Morgan fingerprint density at radius 3 is 2.52 bits per heavy atom. The number of nitrogens with zero attached hydrogens (tertiary/aromatic N) is 2. The zero-order valence-corrected chi connectivity index (χ0v) is 13.6. The van der Waals surface area contributed by atoms with Crippen LogP contribution in [-0.4, -0.2) is 56.6 Å². The number of anilines is 2. The zero-order chi connectivity index (χ0) is 16.8. The number of urea groups is 1. The van der Waals surface area contributed by atoms with Gasteiger partial charge in [-0.25, -0.2) is 10.6 Å². The maximum absolute atomic E-state index is 11.8. The molecule has 8 heteroatoms. The molecule has 0 saturated carbocycles. The number of nitrogens with two attached hydrogens (primary N) is 1. The highest BCUT2D eigenvalue weighted by atomic mass is 16.2. The van der Waals surface area contributed by atoms with Crippen molar-refractivity contribution in [2.75, 3.05) is 50.0 Å². The van der Waals surface area contributed by atoms with Gasteiger partial charge in [0.1, 0.15) is 0 Å². The summed E-state index contributed by atoms with van der Waals surface area (Å²) in [5.74, 6) is 4.85. The smallest absolute Gasteiger partial charge is 0.319 e. The second-order valence-corrected chi connectivity index (χ2v) is 5.48. The normalized spacial score (nSPS) is 15.2. The Labute approximate surface area is 136 Å². The van der Waals surface area contributed by atoms with Crippen LogP contribution in [0.25, 0.3) is 0 Å². The number of piperazine rings is 1. The Morgan fingerprint density at radius 2 is 1.91 bits per heavy atom. The molecule has 1 heterocycles. The van der Waals surface area contributed by atoms with Crippen molar-refractivity contribution in [2.24, 2.45) is 5.84 Å². The molecule has 8 nitrogen and oxygen atoms in total. The van der Waals surface area contributed by atoms with E-state index in [2.05, 4.69) is 32.9 Å². The molecule has 1 aliphatic heterocycles. The molecule has 0 spiro atoms. The Kier molecular flexibility index (Phi) is 5.78. The molecule has 1 aromatic rings. The molecule has 0 radical (unpaired) electrons. The minimum atomic E-state index is -0.357. The van der Waals surface area contributed by atoms with Crippen molar-refractivity contribution >= 4 is 23.3 Å². The molecule has 2 rings (SSSR count). The quantitative estimate of drug-likeness (QED) is 0.360. The van der Waals surface area contributed by atoms with E-state index in [1.54, 1.807) is 18.2 Å². The number of hydrazine groups is 1. The van der Waals surface area contributed by atoms with E-state index in [0.717, 1.165) is 31.9 Å². The summed E-state index contributed by atoms with van der Waals surface area (Å²) >= 11 is 0. The number of nitrogen functional groups attached to an aromatic ring is 1. The second kappa shape index (κ2) is 7.80. The molecule has 126 valence electrons. The SMILES string of the molecule is CCNC(=O)Nc1ccc(C(=O)NN)cc1N1CCN(C)CC1. The fourth-order valence-electron chi connectivity index (χ4n) is 2.50. The van der Waals surface area contributed by atoms with Crippen LogP contribution in [0.1, 0.15) is 17.3 Å². The van der Waals surface area contributed by atoms with Crippen molar-refractivity contribution in [3.8, 4) is 0 Å². The average Bonchev–Trinajstić information content (AvgIpc) is 2.55. The number of carbonyl (C=O) groups excluding carboxylic acids is 2. The highest BCUT2D eigenvalue weighted by Gasteiger charge is 2.19. The summed E-state index contributed by atoms with van der Waals surface area (Å²) < 4.78 is 0. The van der Waals surface area contributed by atoms with E-state index in [9.17, 15) is 9.59 Å². The number of amides is 3. The largest absolute Gasteiger partial charge is 0.367 e. The molecule has 1 fully saturated rings. The first-order chi connectivity index (χ1) is 11.0. The van der Waals surface area contributed by atoms with Crippen LogP contribution in [-0.2, 0) is 0 Å². The number of benzene rings is 1. The molecule has 0 aromatic heterocycles. The van der Waals surface area contributed by atoms with E-state index in [1.807, 2.05) is 6.92 Å². The minimum absolute atomic E-state index is 0.265. The lowest BCUT2D eigenvalue weighted by Gasteiger charge is -2.35. The van der Waals surface area contributed by atoms with Crippen LogP contribution < -0.4 is 26.8 Å². The third kappa shape index (κ3) is 4.33. The number of hydrogen-bond donors (Lipinski definition) is 4. The molecule has 1 saturated heterocycles. The molecular formula is C15H24N6O2. The van der Waals surface area contributed by atoms with E-state index < -0.39 is 0 Å². The van der Waals surface area contributed by atoms with Crippen LogP contribution in [0.2, 0.25) is 0 Å². The molecule has 3 amide bonds. The van der Waals surface area contributed by atoms with Crippen molar-refractivity contribution in [3.63, 3.8) is 0 Å². The molecule has 23 heavy (non-hydrogen) atoms. The van der Waals surface area contributed by atoms with Crippen LogP contribution in [0, 0.1) is 0 Å². The van der Waals surface area contributed by atoms with Gasteiger partial charge in [-0.2, -0.15) is 0 Å². The lowest BCUT2D eigenvalue weighted by Crippen LogP contribution is -2.45.